The molecule has 0 bridgehead atoms. The smallest absolute Gasteiger partial charge is 0.00141 e. The molecule has 0 aromatic heterocycles. The highest BCUT2D eigenvalue weighted by molar-refractivity contribution is 5.67. The summed E-state index contributed by atoms with van der Waals surface area (Å²) in [6.45, 7) is 6.70. The van der Waals surface area contributed by atoms with Gasteiger partial charge < -0.3 is 5.32 Å². The Morgan fingerprint density at radius 3 is 2.74 bits per heavy atom. The van der Waals surface area contributed by atoms with Crippen LogP contribution in [0.25, 0.3) is 5.57 Å². The SMILES string of the molecule is CCCNCC/C=C(/C)c1ccccc1C1CCC1. The Balaban J connectivity index is 1.97. The van der Waals surface area contributed by atoms with Crippen molar-refractivity contribution in [3.8, 4) is 0 Å². The van der Waals surface area contributed by atoms with Gasteiger partial charge in [0.15, 0.2) is 0 Å². The van der Waals surface area contributed by atoms with Gasteiger partial charge in [-0.2, -0.15) is 0 Å². The van der Waals surface area contributed by atoms with Crippen molar-refractivity contribution in [1.29, 1.82) is 0 Å². The molecule has 1 nitrogen and oxygen atoms in total. The van der Waals surface area contributed by atoms with E-state index in [1.807, 2.05) is 0 Å². The second-order valence-corrected chi connectivity index (χ2v) is 5.64. The van der Waals surface area contributed by atoms with E-state index in [1.54, 1.807) is 5.56 Å². The quantitative estimate of drug-likeness (QED) is 0.695. The first-order valence-corrected chi connectivity index (χ1v) is 7.79. The highest BCUT2D eigenvalue weighted by Crippen LogP contribution is 2.39. The number of nitrogens with one attached hydrogen (secondary N) is 1. The van der Waals surface area contributed by atoms with Crippen molar-refractivity contribution >= 4 is 5.57 Å². The van der Waals surface area contributed by atoms with E-state index in [1.165, 1.54) is 36.8 Å². The van der Waals surface area contributed by atoms with Crippen LogP contribution in [-0.2, 0) is 0 Å². The number of rotatable bonds is 7. The van der Waals surface area contributed by atoms with Gasteiger partial charge in [-0.1, -0.05) is 43.7 Å². The highest BCUT2D eigenvalue weighted by Gasteiger charge is 2.21. The molecule has 104 valence electrons. The van der Waals surface area contributed by atoms with Crippen LogP contribution in [0.1, 0.15) is 63.0 Å². The summed E-state index contributed by atoms with van der Waals surface area (Å²) in [7, 11) is 0. The van der Waals surface area contributed by atoms with Gasteiger partial charge in [0.05, 0.1) is 0 Å². The normalized spacial score (nSPS) is 16.4. The third-order valence-corrected chi connectivity index (χ3v) is 4.13. The Labute approximate surface area is 118 Å². The average molecular weight is 257 g/mol. The molecule has 1 aromatic rings. The van der Waals surface area contributed by atoms with Crippen LogP contribution in [-0.4, -0.2) is 13.1 Å². The number of allylic oxidation sites excluding steroid dienone is 1. The summed E-state index contributed by atoms with van der Waals surface area (Å²) in [6, 6.07) is 8.97. The molecule has 19 heavy (non-hydrogen) atoms. The summed E-state index contributed by atoms with van der Waals surface area (Å²) in [5.41, 5.74) is 4.49. The highest BCUT2D eigenvalue weighted by atomic mass is 14.8. The van der Waals surface area contributed by atoms with E-state index >= 15 is 0 Å². The van der Waals surface area contributed by atoms with Gasteiger partial charge in [-0.25, -0.2) is 0 Å². The maximum absolute atomic E-state index is 3.46. The molecule has 0 atom stereocenters. The lowest BCUT2D eigenvalue weighted by atomic mass is 9.77. The van der Waals surface area contributed by atoms with Crippen LogP contribution < -0.4 is 5.32 Å². The topological polar surface area (TPSA) is 12.0 Å². The van der Waals surface area contributed by atoms with Gasteiger partial charge in [-0.3, -0.25) is 0 Å². The van der Waals surface area contributed by atoms with Crippen LogP contribution >= 0.6 is 0 Å². The van der Waals surface area contributed by atoms with Gasteiger partial charge in [0.25, 0.3) is 0 Å². The van der Waals surface area contributed by atoms with Gasteiger partial charge in [0.1, 0.15) is 0 Å². The zero-order valence-corrected chi connectivity index (χ0v) is 12.4. The van der Waals surface area contributed by atoms with Gasteiger partial charge in [0, 0.05) is 0 Å². The Morgan fingerprint density at radius 1 is 1.26 bits per heavy atom. The molecule has 0 spiro atoms. The Bertz CT molecular complexity index is 415. The molecular weight excluding hydrogens is 230 g/mol. The number of hydrogen-bond acceptors (Lipinski definition) is 1. The zero-order valence-electron chi connectivity index (χ0n) is 12.4. The molecule has 0 saturated heterocycles. The monoisotopic (exact) mass is 257 g/mol. The van der Waals surface area contributed by atoms with E-state index in [0.29, 0.717) is 0 Å². The van der Waals surface area contributed by atoms with Crippen LogP contribution in [0.2, 0.25) is 0 Å². The number of benzene rings is 1. The van der Waals surface area contributed by atoms with Gasteiger partial charge in [-0.05, 0) is 68.3 Å². The summed E-state index contributed by atoms with van der Waals surface area (Å²) < 4.78 is 0. The third kappa shape index (κ3) is 3.94. The minimum atomic E-state index is 0.817. The Kier molecular flexibility index (Phi) is 5.65. The zero-order chi connectivity index (χ0) is 13.5. The van der Waals surface area contributed by atoms with E-state index in [2.05, 4.69) is 49.5 Å². The molecule has 0 unspecified atom stereocenters. The predicted octanol–water partition coefficient (Wildman–Crippen LogP) is 4.75. The maximum Gasteiger partial charge on any atom is -0.00141 e. The Morgan fingerprint density at radius 2 is 2.05 bits per heavy atom. The van der Waals surface area contributed by atoms with Gasteiger partial charge >= 0.3 is 0 Å². The van der Waals surface area contributed by atoms with Crippen molar-refractivity contribution in [2.24, 2.45) is 0 Å². The molecule has 1 aliphatic carbocycles. The molecule has 1 aromatic carbocycles. The fourth-order valence-electron chi connectivity index (χ4n) is 2.73. The van der Waals surface area contributed by atoms with Crippen LogP contribution in [0, 0.1) is 0 Å². The first kappa shape index (κ1) is 14.3. The molecular formula is C18H27N. The minimum Gasteiger partial charge on any atom is -0.316 e. The average Bonchev–Trinajstić information content (AvgIpc) is 2.37. The van der Waals surface area contributed by atoms with Crippen LogP contribution in [0.4, 0.5) is 0 Å². The molecule has 0 aliphatic heterocycles. The van der Waals surface area contributed by atoms with Crippen LogP contribution in [0.3, 0.4) is 0 Å². The summed E-state index contributed by atoms with van der Waals surface area (Å²) in [4.78, 5) is 0. The standard InChI is InChI=1S/C18H27N/c1-3-13-19-14-7-8-15(2)17-11-4-5-12-18(17)16-9-6-10-16/h4-5,8,11-12,16,19H,3,6-7,9-10,13-14H2,1-2H3/b15-8-. The molecule has 0 radical (unpaired) electrons. The van der Waals surface area contributed by atoms with Crippen molar-refractivity contribution < 1.29 is 0 Å². The van der Waals surface area contributed by atoms with Crippen molar-refractivity contribution in [1.82, 2.24) is 5.32 Å². The van der Waals surface area contributed by atoms with Gasteiger partial charge in [0.2, 0.25) is 0 Å². The maximum atomic E-state index is 3.46. The summed E-state index contributed by atoms with van der Waals surface area (Å²) in [5.74, 6) is 0.817. The van der Waals surface area contributed by atoms with E-state index in [4.69, 9.17) is 0 Å². The lowest BCUT2D eigenvalue weighted by Gasteiger charge is -2.28. The lowest BCUT2D eigenvalue weighted by molar-refractivity contribution is 0.419. The molecule has 1 saturated carbocycles. The first-order valence-electron chi connectivity index (χ1n) is 7.79. The second kappa shape index (κ2) is 7.49. The molecule has 1 aliphatic rings. The fourth-order valence-corrected chi connectivity index (χ4v) is 2.73. The third-order valence-electron chi connectivity index (χ3n) is 4.13. The lowest BCUT2D eigenvalue weighted by Crippen LogP contribution is -2.15. The van der Waals surface area contributed by atoms with E-state index in [9.17, 15) is 0 Å². The van der Waals surface area contributed by atoms with E-state index in [-0.39, 0.29) is 0 Å². The molecule has 0 heterocycles. The van der Waals surface area contributed by atoms with Crippen molar-refractivity contribution in [2.45, 2.75) is 51.9 Å². The second-order valence-electron chi connectivity index (χ2n) is 5.64. The largest absolute Gasteiger partial charge is 0.316 e. The number of hydrogen-bond donors (Lipinski definition) is 1. The van der Waals surface area contributed by atoms with E-state index in [0.717, 1.165) is 25.4 Å². The van der Waals surface area contributed by atoms with Gasteiger partial charge in [-0.15, -0.1) is 0 Å². The molecule has 0 amide bonds. The minimum absolute atomic E-state index is 0.817. The summed E-state index contributed by atoms with van der Waals surface area (Å²) in [5, 5.41) is 3.46. The first-order chi connectivity index (χ1) is 9.33. The molecule has 1 heteroatoms. The Hall–Kier alpha value is -1.08. The summed E-state index contributed by atoms with van der Waals surface area (Å²) >= 11 is 0. The van der Waals surface area contributed by atoms with E-state index < -0.39 is 0 Å². The van der Waals surface area contributed by atoms with Crippen molar-refractivity contribution in [2.75, 3.05) is 13.1 Å². The fraction of sp³-hybridized carbons (Fsp3) is 0.556. The van der Waals surface area contributed by atoms with Crippen LogP contribution in [0.15, 0.2) is 30.3 Å². The molecule has 2 rings (SSSR count). The van der Waals surface area contributed by atoms with Crippen molar-refractivity contribution in [3.63, 3.8) is 0 Å². The molecule has 1 N–H and O–H groups in total. The van der Waals surface area contributed by atoms with Crippen LogP contribution in [0.5, 0.6) is 0 Å². The summed E-state index contributed by atoms with van der Waals surface area (Å²) in [6.07, 6.45) is 8.89. The van der Waals surface area contributed by atoms with Crippen molar-refractivity contribution in [3.05, 3.63) is 41.5 Å². The molecule has 1 fully saturated rings. The predicted molar refractivity (Wildman–Crippen MR) is 84.5 cm³/mol.